The third-order valence-electron chi connectivity index (χ3n) is 3.14. The minimum Gasteiger partial charge on any atom is -0.343 e. The quantitative estimate of drug-likeness (QED) is 0.784. The lowest BCUT2D eigenvalue weighted by molar-refractivity contribution is -0.130. The first-order valence-corrected chi connectivity index (χ1v) is 7.30. The van der Waals surface area contributed by atoms with Crippen molar-refractivity contribution < 1.29 is 4.79 Å². The van der Waals surface area contributed by atoms with Crippen LogP contribution < -0.4 is 5.32 Å². The molecule has 2 heterocycles. The first-order chi connectivity index (χ1) is 8.36. The monoisotopic (exact) mass is 252 g/mol. The number of carbonyl (C=O) groups excluding carboxylic acids is 1. The van der Waals surface area contributed by atoms with Crippen molar-refractivity contribution in [2.75, 3.05) is 26.2 Å². The van der Waals surface area contributed by atoms with E-state index in [0.29, 0.717) is 12.3 Å². The maximum Gasteiger partial charge on any atom is 0.223 e. The van der Waals surface area contributed by atoms with Gasteiger partial charge in [-0.15, -0.1) is 0 Å². The lowest BCUT2D eigenvalue weighted by atomic mass is 10.2. The molecule has 0 bridgehead atoms. The van der Waals surface area contributed by atoms with Crippen LogP contribution in [0.5, 0.6) is 0 Å². The van der Waals surface area contributed by atoms with Gasteiger partial charge in [-0.05, 0) is 48.2 Å². The van der Waals surface area contributed by atoms with Crippen molar-refractivity contribution in [1.29, 1.82) is 0 Å². The Balaban J connectivity index is 1.52. The molecule has 1 aliphatic heterocycles. The highest BCUT2D eigenvalue weighted by Crippen LogP contribution is 2.08. The second-order valence-electron chi connectivity index (χ2n) is 4.47. The van der Waals surface area contributed by atoms with Crippen LogP contribution in [0.25, 0.3) is 0 Å². The fourth-order valence-corrected chi connectivity index (χ4v) is 2.82. The molecule has 4 heteroatoms. The van der Waals surface area contributed by atoms with Gasteiger partial charge < -0.3 is 10.2 Å². The summed E-state index contributed by atoms with van der Waals surface area (Å²) in [5.74, 6) is 0.311. The van der Waals surface area contributed by atoms with Gasteiger partial charge in [0.05, 0.1) is 0 Å². The van der Waals surface area contributed by atoms with E-state index in [0.717, 1.165) is 32.6 Å². The second kappa shape index (κ2) is 6.77. The SMILES string of the molecule is O=C(CCNCCc1ccsc1)N1CCCC1. The second-order valence-corrected chi connectivity index (χ2v) is 5.25. The number of hydrogen-bond donors (Lipinski definition) is 1. The summed E-state index contributed by atoms with van der Waals surface area (Å²) in [6.07, 6.45) is 4.06. The van der Waals surface area contributed by atoms with Gasteiger partial charge in [-0.3, -0.25) is 4.79 Å². The van der Waals surface area contributed by atoms with Gasteiger partial charge in [0.1, 0.15) is 0 Å². The molecular formula is C13H20N2OS. The molecule has 1 aromatic heterocycles. The van der Waals surface area contributed by atoms with Crippen molar-refractivity contribution in [1.82, 2.24) is 10.2 Å². The van der Waals surface area contributed by atoms with Crippen molar-refractivity contribution in [3.05, 3.63) is 22.4 Å². The van der Waals surface area contributed by atoms with Crippen LogP contribution in [0.2, 0.25) is 0 Å². The maximum absolute atomic E-state index is 11.7. The summed E-state index contributed by atoms with van der Waals surface area (Å²) in [7, 11) is 0. The van der Waals surface area contributed by atoms with Crippen molar-refractivity contribution in [3.63, 3.8) is 0 Å². The zero-order chi connectivity index (χ0) is 11.9. The van der Waals surface area contributed by atoms with E-state index < -0.39 is 0 Å². The lowest BCUT2D eigenvalue weighted by Gasteiger charge is -2.15. The van der Waals surface area contributed by atoms with Crippen LogP contribution in [0.1, 0.15) is 24.8 Å². The van der Waals surface area contributed by atoms with Crippen molar-refractivity contribution in [3.8, 4) is 0 Å². The summed E-state index contributed by atoms with van der Waals surface area (Å²) >= 11 is 1.74. The van der Waals surface area contributed by atoms with Gasteiger partial charge >= 0.3 is 0 Å². The van der Waals surface area contributed by atoms with E-state index in [1.807, 2.05) is 4.90 Å². The Bertz CT molecular complexity index is 331. The van der Waals surface area contributed by atoms with Crippen LogP contribution >= 0.6 is 11.3 Å². The van der Waals surface area contributed by atoms with E-state index in [2.05, 4.69) is 22.1 Å². The summed E-state index contributed by atoms with van der Waals surface area (Å²) < 4.78 is 0. The molecule has 0 spiro atoms. The molecule has 1 fully saturated rings. The Morgan fingerprint density at radius 3 is 2.88 bits per heavy atom. The normalized spacial score (nSPS) is 15.4. The van der Waals surface area contributed by atoms with E-state index in [9.17, 15) is 4.79 Å². The number of nitrogens with one attached hydrogen (secondary N) is 1. The van der Waals surface area contributed by atoms with Gasteiger partial charge in [0, 0.05) is 26.1 Å². The van der Waals surface area contributed by atoms with Crippen LogP contribution in [-0.4, -0.2) is 37.0 Å². The fourth-order valence-electron chi connectivity index (χ4n) is 2.11. The van der Waals surface area contributed by atoms with Gasteiger partial charge in [0.2, 0.25) is 5.91 Å². The third kappa shape index (κ3) is 4.13. The number of thiophene rings is 1. The number of nitrogens with zero attached hydrogens (tertiary/aromatic N) is 1. The molecule has 3 nitrogen and oxygen atoms in total. The Morgan fingerprint density at radius 2 is 2.18 bits per heavy atom. The van der Waals surface area contributed by atoms with Gasteiger partial charge in [-0.1, -0.05) is 0 Å². The predicted octanol–water partition coefficient (Wildman–Crippen LogP) is 1.89. The zero-order valence-electron chi connectivity index (χ0n) is 10.2. The van der Waals surface area contributed by atoms with Gasteiger partial charge in [0.25, 0.3) is 0 Å². The van der Waals surface area contributed by atoms with E-state index in [-0.39, 0.29) is 0 Å². The van der Waals surface area contributed by atoms with E-state index in [4.69, 9.17) is 0 Å². The highest BCUT2D eigenvalue weighted by Gasteiger charge is 2.16. The zero-order valence-corrected chi connectivity index (χ0v) is 11.0. The molecule has 0 aliphatic carbocycles. The molecule has 17 heavy (non-hydrogen) atoms. The van der Waals surface area contributed by atoms with Gasteiger partial charge in [0.15, 0.2) is 0 Å². The topological polar surface area (TPSA) is 32.3 Å². The Hall–Kier alpha value is -0.870. The first-order valence-electron chi connectivity index (χ1n) is 6.36. The molecule has 1 N–H and O–H groups in total. The van der Waals surface area contributed by atoms with Crippen molar-refractivity contribution >= 4 is 17.2 Å². The van der Waals surface area contributed by atoms with E-state index >= 15 is 0 Å². The number of amides is 1. The number of rotatable bonds is 6. The fraction of sp³-hybridized carbons (Fsp3) is 0.615. The Kier molecular flexibility index (Phi) is 5.01. The summed E-state index contributed by atoms with van der Waals surface area (Å²) in [5.41, 5.74) is 1.38. The first kappa shape index (κ1) is 12.6. The van der Waals surface area contributed by atoms with Crippen LogP contribution in [0.3, 0.4) is 0 Å². The molecule has 1 aliphatic rings. The van der Waals surface area contributed by atoms with E-state index in [1.54, 1.807) is 11.3 Å². The summed E-state index contributed by atoms with van der Waals surface area (Å²) in [6.45, 7) is 3.70. The standard InChI is InChI=1S/C13H20N2OS/c16-13(15-8-1-2-9-15)4-7-14-6-3-12-5-10-17-11-12/h5,10-11,14H,1-4,6-9H2. The molecule has 0 unspecified atom stereocenters. The summed E-state index contributed by atoms with van der Waals surface area (Å²) in [4.78, 5) is 13.7. The molecule has 0 atom stereocenters. The molecule has 1 aromatic rings. The summed E-state index contributed by atoms with van der Waals surface area (Å²) in [5, 5.41) is 7.62. The molecule has 0 saturated carbocycles. The largest absolute Gasteiger partial charge is 0.343 e. The molecule has 1 saturated heterocycles. The number of hydrogen-bond acceptors (Lipinski definition) is 3. The highest BCUT2D eigenvalue weighted by molar-refractivity contribution is 7.07. The van der Waals surface area contributed by atoms with Crippen molar-refractivity contribution in [2.24, 2.45) is 0 Å². The van der Waals surface area contributed by atoms with Crippen LogP contribution in [0.15, 0.2) is 16.8 Å². The number of carbonyl (C=O) groups is 1. The minimum atomic E-state index is 0.311. The predicted molar refractivity (Wildman–Crippen MR) is 71.3 cm³/mol. The van der Waals surface area contributed by atoms with Crippen molar-refractivity contribution in [2.45, 2.75) is 25.7 Å². The molecule has 0 radical (unpaired) electrons. The van der Waals surface area contributed by atoms with Crippen LogP contribution in [0, 0.1) is 0 Å². The average molecular weight is 252 g/mol. The molecule has 1 amide bonds. The van der Waals surface area contributed by atoms with Crippen LogP contribution in [-0.2, 0) is 11.2 Å². The smallest absolute Gasteiger partial charge is 0.223 e. The van der Waals surface area contributed by atoms with Gasteiger partial charge in [-0.25, -0.2) is 0 Å². The summed E-state index contributed by atoms with van der Waals surface area (Å²) in [6, 6.07) is 2.15. The Labute approximate surface area is 107 Å². The minimum absolute atomic E-state index is 0.311. The molecule has 94 valence electrons. The lowest BCUT2D eigenvalue weighted by Crippen LogP contribution is -2.31. The highest BCUT2D eigenvalue weighted by atomic mass is 32.1. The van der Waals surface area contributed by atoms with E-state index in [1.165, 1.54) is 18.4 Å². The number of likely N-dealkylation sites (tertiary alicyclic amines) is 1. The molecule has 0 aromatic carbocycles. The molecular weight excluding hydrogens is 232 g/mol. The maximum atomic E-state index is 11.7. The Morgan fingerprint density at radius 1 is 1.35 bits per heavy atom. The molecule has 2 rings (SSSR count). The van der Waals surface area contributed by atoms with Crippen LogP contribution in [0.4, 0.5) is 0 Å². The average Bonchev–Trinajstić information content (AvgIpc) is 3.01. The van der Waals surface area contributed by atoms with Gasteiger partial charge in [-0.2, -0.15) is 11.3 Å². The third-order valence-corrected chi connectivity index (χ3v) is 3.88.